The van der Waals surface area contributed by atoms with Gasteiger partial charge in [-0.05, 0) is 56.5 Å². The summed E-state index contributed by atoms with van der Waals surface area (Å²) in [7, 11) is -4.12. The Morgan fingerprint density at radius 2 is 2.00 bits per heavy atom. The van der Waals surface area contributed by atoms with Gasteiger partial charge in [0.15, 0.2) is 0 Å². The highest BCUT2D eigenvalue weighted by Gasteiger charge is 2.64. The molecule has 8 heteroatoms. The summed E-state index contributed by atoms with van der Waals surface area (Å²) in [6.07, 6.45) is 3.90. The Morgan fingerprint density at radius 3 is 2.58 bits per heavy atom. The first-order valence-corrected chi connectivity index (χ1v) is 10.3. The number of piperidine rings is 1. The third kappa shape index (κ3) is 2.99. The van der Waals surface area contributed by atoms with E-state index in [1.165, 1.54) is 0 Å². The zero-order valence-corrected chi connectivity index (χ0v) is 15.2. The molecule has 7 nitrogen and oxygen atoms in total. The van der Waals surface area contributed by atoms with Crippen LogP contribution in [0.15, 0.2) is 5.10 Å². The first-order chi connectivity index (χ1) is 11.2. The molecule has 3 aliphatic rings. The predicted octanol–water partition coefficient (Wildman–Crippen LogP) is 1.17. The van der Waals surface area contributed by atoms with E-state index in [9.17, 15) is 17.8 Å². The average molecular weight is 357 g/mol. The van der Waals surface area contributed by atoms with E-state index in [4.69, 9.17) is 0 Å². The van der Waals surface area contributed by atoms with E-state index in [-0.39, 0.29) is 23.0 Å². The zero-order chi connectivity index (χ0) is 17.6. The van der Waals surface area contributed by atoms with Gasteiger partial charge in [-0.2, -0.15) is 13.5 Å². The van der Waals surface area contributed by atoms with Crippen LogP contribution in [0.1, 0.15) is 46.0 Å². The largest absolute Gasteiger partial charge is 0.317 e. The average Bonchev–Trinajstić information content (AvgIpc) is 2.86. The van der Waals surface area contributed by atoms with E-state index in [0.717, 1.165) is 38.1 Å². The maximum atomic E-state index is 12.3. The third-order valence-corrected chi connectivity index (χ3v) is 7.46. The lowest BCUT2D eigenvalue weighted by Gasteiger charge is -2.37. The summed E-state index contributed by atoms with van der Waals surface area (Å²) < 4.78 is 32.6. The molecule has 1 saturated heterocycles. The molecule has 0 unspecified atom stereocenters. The molecule has 2 atom stereocenters. The van der Waals surface area contributed by atoms with E-state index in [2.05, 4.69) is 15.8 Å². The molecule has 1 aliphatic heterocycles. The van der Waals surface area contributed by atoms with Gasteiger partial charge < -0.3 is 5.32 Å². The quantitative estimate of drug-likeness (QED) is 0.517. The fourth-order valence-electron chi connectivity index (χ4n) is 4.90. The number of amides is 1. The lowest BCUT2D eigenvalue weighted by Crippen LogP contribution is -2.43. The fourth-order valence-corrected chi connectivity index (χ4v) is 6.21. The molecule has 2 aliphatic carbocycles. The number of hydrogen-bond acceptors (Lipinski definition) is 5. The molecular weight excluding hydrogens is 330 g/mol. The Balaban J connectivity index is 1.80. The summed E-state index contributed by atoms with van der Waals surface area (Å²) in [5, 5.41) is 7.58. The Labute approximate surface area is 143 Å². The first kappa shape index (κ1) is 17.8. The van der Waals surface area contributed by atoms with Crippen LogP contribution < -0.4 is 10.7 Å². The van der Waals surface area contributed by atoms with Crippen LogP contribution in [-0.2, 0) is 14.9 Å². The first-order valence-electron chi connectivity index (χ1n) is 8.68. The topological polar surface area (TPSA) is 108 Å². The minimum Gasteiger partial charge on any atom is -0.317 e. The maximum Gasteiger partial charge on any atom is 0.265 e. The Kier molecular flexibility index (Phi) is 4.51. The van der Waals surface area contributed by atoms with E-state index in [1.807, 2.05) is 13.8 Å². The van der Waals surface area contributed by atoms with Crippen molar-refractivity contribution in [1.82, 2.24) is 10.7 Å². The molecule has 3 rings (SSSR count). The number of carbonyl (C=O) groups excluding carboxylic acids is 1. The van der Waals surface area contributed by atoms with Gasteiger partial charge in [-0.25, -0.2) is 5.43 Å². The SMILES string of the molecule is CC1(C)[C@@H]2CC[C@]1(CS(=O)(=O)O)/C(=N\NC(=O)C1CCNCC1)C2. The second-order valence-electron chi connectivity index (χ2n) is 8.03. The van der Waals surface area contributed by atoms with Crippen molar-refractivity contribution in [2.45, 2.75) is 46.0 Å². The van der Waals surface area contributed by atoms with Crippen molar-refractivity contribution < 1.29 is 17.8 Å². The number of fused-ring (bicyclic) bond motifs is 2. The number of nitrogens with zero attached hydrogens (tertiary/aromatic N) is 1. The highest BCUT2D eigenvalue weighted by Crippen LogP contribution is 2.64. The summed E-state index contributed by atoms with van der Waals surface area (Å²) in [6.45, 7) is 5.76. The second kappa shape index (κ2) is 6.07. The van der Waals surface area contributed by atoms with Gasteiger partial charge in [0.25, 0.3) is 10.1 Å². The third-order valence-electron chi connectivity index (χ3n) is 6.61. The number of carbonyl (C=O) groups is 1. The van der Waals surface area contributed by atoms with Crippen molar-refractivity contribution in [3.8, 4) is 0 Å². The normalized spacial score (nSPS) is 34.6. The van der Waals surface area contributed by atoms with Crippen LogP contribution >= 0.6 is 0 Å². The van der Waals surface area contributed by atoms with Gasteiger partial charge in [-0.3, -0.25) is 9.35 Å². The molecule has 3 fully saturated rings. The fraction of sp³-hybridized carbons (Fsp3) is 0.875. The molecule has 0 radical (unpaired) electrons. The Morgan fingerprint density at radius 1 is 1.33 bits per heavy atom. The van der Waals surface area contributed by atoms with Crippen LogP contribution in [0.3, 0.4) is 0 Å². The van der Waals surface area contributed by atoms with Crippen LogP contribution in [0.25, 0.3) is 0 Å². The molecule has 0 aromatic heterocycles. The Hall–Kier alpha value is -0.990. The molecule has 2 bridgehead atoms. The highest BCUT2D eigenvalue weighted by molar-refractivity contribution is 7.85. The molecule has 1 amide bonds. The number of hydrazone groups is 1. The van der Waals surface area contributed by atoms with Gasteiger partial charge >= 0.3 is 0 Å². The van der Waals surface area contributed by atoms with Crippen LogP contribution in [0, 0.1) is 22.7 Å². The van der Waals surface area contributed by atoms with Crippen LogP contribution in [0.4, 0.5) is 0 Å². The van der Waals surface area contributed by atoms with Crippen LogP contribution in [-0.4, -0.2) is 43.4 Å². The summed E-state index contributed by atoms with van der Waals surface area (Å²) in [5.74, 6) is -0.106. The van der Waals surface area contributed by atoms with Crippen molar-refractivity contribution in [2.75, 3.05) is 18.8 Å². The minimum atomic E-state index is -4.12. The maximum absolute atomic E-state index is 12.3. The van der Waals surface area contributed by atoms with Crippen molar-refractivity contribution in [3.05, 3.63) is 0 Å². The monoisotopic (exact) mass is 357 g/mol. The summed E-state index contributed by atoms with van der Waals surface area (Å²) in [6, 6.07) is 0. The van der Waals surface area contributed by atoms with E-state index >= 15 is 0 Å². The molecule has 24 heavy (non-hydrogen) atoms. The van der Waals surface area contributed by atoms with Gasteiger partial charge in [0, 0.05) is 17.0 Å². The lowest BCUT2D eigenvalue weighted by molar-refractivity contribution is -0.125. The molecule has 0 spiro atoms. The van der Waals surface area contributed by atoms with Crippen molar-refractivity contribution in [2.24, 2.45) is 27.8 Å². The van der Waals surface area contributed by atoms with Crippen LogP contribution in [0.5, 0.6) is 0 Å². The molecule has 0 aromatic carbocycles. The van der Waals surface area contributed by atoms with E-state index < -0.39 is 15.5 Å². The van der Waals surface area contributed by atoms with Crippen molar-refractivity contribution in [3.63, 3.8) is 0 Å². The summed E-state index contributed by atoms with van der Waals surface area (Å²) in [5.41, 5.74) is 2.48. The van der Waals surface area contributed by atoms with Gasteiger partial charge in [0.2, 0.25) is 5.91 Å². The van der Waals surface area contributed by atoms with Crippen molar-refractivity contribution >= 4 is 21.7 Å². The molecule has 2 saturated carbocycles. The molecule has 0 aromatic rings. The smallest absolute Gasteiger partial charge is 0.265 e. The number of rotatable bonds is 4. The highest BCUT2D eigenvalue weighted by atomic mass is 32.2. The molecule has 3 N–H and O–H groups in total. The molecule has 136 valence electrons. The summed E-state index contributed by atoms with van der Waals surface area (Å²) in [4.78, 5) is 12.3. The van der Waals surface area contributed by atoms with Gasteiger partial charge in [-0.15, -0.1) is 0 Å². The predicted molar refractivity (Wildman–Crippen MR) is 91.1 cm³/mol. The van der Waals surface area contributed by atoms with E-state index in [1.54, 1.807) is 0 Å². The number of hydrogen-bond donors (Lipinski definition) is 3. The Bertz CT molecular complexity index is 652. The second-order valence-corrected chi connectivity index (χ2v) is 9.48. The summed E-state index contributed by atoms with van der Waals surface area (Å²) >= 11 is 0. The zero-order valence-electron chi connectivity index (χ0n) is 14.3. The lowest BCUT2D eigenvalue weighted by atomic mass is 9.70. The molecular formula is C16H27N3O4S. The number of nitrogens with one attached hydrogen (secondary N) is 2. The van der Waals surface area contributed by atoms with Crippen LogP contribution in [0.2, 0.25) is 0 Å². The van der Waals surface area contributed by atoms with E-state index in [0.29, 0.717) is 18.8 Å². The van der Waals surface area contributed by atoms with Crippen molar-refractivity contribution in [1.29, 1.82) is 0 Å². The standard InChI is InChI=1S/C16H27N3O4S/c1-15(2)12-3-6-16(15,10-24(21,22)23)13(9-12)18-19-14(20)11-4-7-17-8-5-11/h11-12,17H,3-10H2,1-2H3,(H,19,20)(H,21,22,23)/b18-13-/t12-,16+/m1/s1. The molecule has 1 heterocycles. The van der Waals surface area contributed by atoms with Gasteiger partial charge in [-0.1, -0.05) is 13.8 Å². The van der Waals surface area contributed by atoms with Gasteiger partial charge in [0.1, 0.15) is 0 Å². The van der Waals surface area contributed by atoms with Gasteiger partial charge in [0.05, 0.1) is 5.75 Å². The minimum absolute atomic E-state index is 0.0419.